The van der Waals surface area contributed by atoms with Gasteiger partial charge in [0.25, 0.3) is 0 Å². The maximum Gasteiger partial charge on any atom is 0.162 e. The summed E-state index contributed by atoms with van der Waals surface area (Å²) in [6.07, 6.45) is 0. The normalized spacial score (nSPS) is 12.4. The van der Waals surface area contributed by atoms with Crippen LogP contribution in [-0.2, 0) is 0 Å². The van der Waals surface area contributed by atoms with Gasteiger partial charge in [0.05, 0.1) is 26.9 Å². The van der Waals surface area contributed by atoms with Crippen molar-refractivity contribution in [2.24, 2.45) is 5.92 Å². The second-order valence-electron chi connectivity index (χ2n) is 4.70. The van der Waals surface area contributed by atoms with Crippen molar-refractivity contribution in [1.29, 1.82) is 0 Å². The maximum atomic E-state index is 9.36. The third-order valence-corrected chi connectivity index (χ3v) is 3.07. The maximum absolute atomic E-state index is 9.36. The number of aryl methyl sites for hydroxylation is 1. The lowest BCUT2D eigenvalue weighted by Gasteiger charge is -2.23. The highest BCUT2D eigenvalue weighted by Crippen LogP contribution is 2.33. The Labute approximate surface area is 109 Å². The minimum Gasteiger partial charge on any atom is -0.493 e. The van der Waals surface area contributed by atoms with Crippen LogP contribution in [0.25, 0.3) is 0 Å². The number of ether oxygens (including phenoxy) is 2. The fraction of sp³-hybridized carbons (Fsp3) is 0.571. The SMILES string of the molecule is COc1cc(C)c(NC(CO)C(C)C)cc1OC. The first kappa shape index (κ1) is 14.6. The molecule has 4 heteroatoms. The zero-order chi connectivity index (χ0) is 13.7. The van der Waals surface area contributed by atoms with Crippen molar-refractivity contribution in [1.82, 2.24) is 0 Å². The summed E-state index contributed by atoms with van der Waals surface area (Å²) in [5.74, 6) is 1.75. The van der Waals surface area contributed by atoms with Crippen molar-refractivity contribution in [3.05, 3.63) is 17.7 Å². The van der Waals surface area contributed by atoms with Gasteiger partial charge >= 0.3 is 0 Å². The van der Waals surface area contributed by atoms with Gasteiger partial charge in [-0.25, -0.2) is 0 Å². The first-order valence-electron chi connectivity index (χ1n) is 6.13. The molecule has 1 aromatic rings. The van der Waals surface area contributed by atoms with Crippen molar-refractivity contribution >= 4 is 5.69 Å². The highest BCUT2D eigenvalue weighted by atomic mass is 16.5. The summed E-state index contributed by atoms with van der Waals surface area (Å²) in [7, 11) is 3.23. The lowest BCUT2D eigenvalue weighted by Crippen LogP contribution is -2.29. The van der Waals surface area contributed by atoms with Gasteiger partial charge in [0.15, 0.2) is 11.5 Å². The van der Waals surface area contributed by atoms with E-state index in [4.69, 9.17) is 9.47 Å². The van der Waals surface area contributed by atoms with Crippen molar-refractivity contribution in [3.63, 3.8) is 0 Å². The van der Waals surface area contributed by atoms with E-state index in [1.807, 2.05) is 19.1 Å². The molecule has 1 unspecified atom stereocenters. The molecule has 0 aliphatic carbocycles. The Kier molecular flexibility index (Phi) is 5.28. The third-order valence-electron chi connectivity index (χ3n) is 3.07. The van der Waals surface area contributed by atoms with Crippen molar-refractivity contribution < 1.29 is 14.6 Å². The number of rotatable bonds is 6. The van der Waals surface area contributed by atoms with E-state index in [1.54, 1.807) is 14.2 Å². The van der Waals surface area contributed by atoms with Gasteiger partial charge in [-0.2, -0.15) is 0 Å². The highest BCUT2D eigenvalue weighted by Gasteiger charge is 2.15. The summed E-state index contributed by atoms with van der Waals surface area (Å²) < 4.78 is 10.5. The predicted molar refractivity (Wildman–Crippen MR) is 73.6 cm³/mol. The number of hydrogen-bond donors (Lipinski definition) is 2. The molecule has 102 valence electrons. The third kappa shape index (κ3) is 3.29. The zero-order valence-electron chi connectivity index (χ0n) is 11.8. The molecule has 0 bridgehead atoms. The average molecular weight is 253 g/mol. The van der Waals surface area contributed by atoms with Crippen LogP contribution in [0.4, 0.5) is 5.69 Å². The van der Waals surface area contributed by atoms with Gasteiger partial charge in [-0.1, -0.05) is 13.8 Å². The Morgan fingerprint density at radius 2 is 1.72 bits per heavy atom. The average Bonchev–Trinajstić information content (AvgIpc) is 2.36. The largest absolute Gasteiger partial charge is 0.493 e. The molecule has 0 radical (unpaired) electrons. The highest BCUT2D eigenvalue weighted by molar-refractivity contribution is 5.60. The van der Waals surface area contributed by atoms with Crippen molar-refractivity contribution in [2.75, 3.05) is 26.1 Å². The molecule has 1 rings (SSSR count). The van der Waals surface area contributed by atoms with E-state index in [9.17, 15) is 5.11 Å². The Balaban J connectivity index is 3.02. The first-order chi connectivity index (χ1) is 8.53. The van der Waals surface area contributed by atoms with Gasteiger partial charge in [0.2, 0.25) is 0 Å². The Bertz CT molecular complexity index is 391. The summed E-state index contributed by atoms with van der Waals surface area (Å²) in [4.78, 5) is 0. The molecular formula is C14H23NO3. The fourth-order valence-electron chi connectivity index (χ4n) is 1.76. The quantitative estimate of drug-likeness (QED) is 0.817. The van der Waals surface area contributed by atoms with E-state index >= 15 is 0 Å². The van der Waals surface area contributed by atoms with Gasteiger partial charge in [0.1, 0.15) is 0 Å². The van der Waals surface area contributed by atoms with Crippen LogP contribution < -0.4 is 14.8 Å². The van der Waals surface area contributed by atoms with Gasteiger partial charge < -0.3 is 19.9 Å². The van der Waals surface area contributed by atoms with Crippen molar-refractivity contribution in [3.8, 4) is 11.5 Å². The zero-order valence-corrected chi connectivity index (χ0v) is 11.8. The Morgan fingerprint density at radius 1 is 1.17 bits per heavy atom. The van der Waals surface area contributed by atoms with Crippen LogP contribution in [0.1, 0.15) is 19.4 Å². The first-order valence-corrected chi connectivity index (χ1v) is 6.13. The summed E-state index contributed by atoms with van der Waals surface area (Å²) in [5.41, 5.74) is 2.02. The molecule has 0 heterocycles. The van der Waals surface area contributed by atoms with E-state index < -0.39 is 0 Å². The monoisotopic (exact) mass is 253 g/mol. The second-order valence-corrected chi connectivity index (χ2v) is 4.70. The molecule has 0 aromatic heterocycles. The summed E-state index contributed by atoms with van der Waals surface area (Å²) in [5, 5.41) is 12.7. The number of nitrogens with one attached hydrogen (secondary N) is 1. The number of anilines is 1. The predicted octanol–water partition coefficient (Wildman–Crippen LogP) is 2.44. The standard InChI is InChI=1S/C14H23NO3/c1-9(2)12(8-16)15-11-7-14(18-5)13(17-4)6-10(11)3/h6-7,9,12,15-16H,8H2,1-5H3. The molecule has 1 aromatic carbocycles. The topological polar surface area (TPSA) is 50.7 Å². The van der Waals surface area contributed by atoms with Gasteiger partial charge in [-0.3, -0.25) is 0 Å². The van der Waals surface area contributed by atoms with E-state index in [-0.39, 0.29) is 12.6 Å². The molecule has 0 spiro atoms. The fourth-order valence-corrected chi connectivity index (χ4v) is 1.76. The minimum absolute atomic E-state index is 0.0294. The number of benzene rings is 1. The summed E-state index contributed by atoms with van der Waals surface area (Å²) in [6, 6.07) is 3.86. The van der Waals surface area contributed by atoms with Gasteiger partial charge in [0, 0.05) is 11.8 Å². The second kappa shape index (κ2) is 6.50. The van der Waals surface area contributed by atoms with E-state index in [0.717, 1.165) is 11.3 Å². The smallest absolute Gasteiger partial charge is 0.162 e. The molecule has 0 fully saturated rings. The molecule has 4 nitrogen and oxygen atoms in total. The van der Waals surface area contributed by atoms with Crippen molar-refractivity contribution in [2.45, 2.75) is 26.8 Å². The van der Waals surface area contributed by atoms with Crippen LogP contribution in [-0.4, -0.2) is 32.0 Å². The van der Waals surface area contributed by atoms with E-state index in [2.05, 4.69) is 19.2 Å². The molecule has 0 amide bonds. The van der Waals surface area contributed by atoms with Crippen LogP contribution in [0.3, 0.4) is 0 Å². The van der Waals surface area contributed by atoms with Crippen LogP contribution in [0.2, 0.25) is 0 Å². The lowest BCUT2D eigenvalue weighted by atomic mass is 10.0. The van der Waals surface area contributed by atoms with Gasteiger partial charge in [-0.05, 0) is 24.5 Å². The van der Waals surface area contributed by atoms with E-state index in [0.29, 0.717) is 17.4 Å². The number of hydrogen-bond acceptors (Lipinski definition) is 4. The number of methoxy groups -OCH3 is 2. The molecule has 0 aliphatic heterocycles. The number of aliphatic hydroxyl groups is 1. The lowest BCUT2D eigenvalue weighted by molar-refractivity contribution is 0.249. The van der Waals surface area contributed by atoms with Crippen LogP contribution in [0, 0.1) is 12.8 Å². The molecule has 1 atom stereocenters. The molecule has 0 saturated heterocycles. The molecule has 18 heavy (non-hydrogen) atoms. The van der Waals surface area contributed by atoms with Gasteiger partial charge in [-0.15, -0.1) is 0 Å². The summed E-state index contributed by atoms with van der Waals surface area (Å²) in [6.45, 7) is 6.25. The molecule has 0 aliphatic rings. The van der Waals surface area contributed by atoms with E-state index in [1.165, 1.54) is 0 Å². The number of aliphatic hydroxyl groups excluding tert-OH is 1. The molecule has 2 N–H and O–H groups in total. The summed E-state index contributed by atoms with van der Waals surface area (Å²) >= 11 is 0. The molecule has 0 saturated carbocycles. The Morgan fingerprint density at radius 3 is 2.17 bits per heavy atom. The molecular weight excluding hydrogens is 230 g/mol. The van der Waals surface area contributed by atoms with Crippen LogP contribution in [0.5, 0.6) is 11.5 Å². The van der Waals surface area contributed by atoms with Crippen LogP contribution in [0.15, 0.2) is 12.1 Å². The minimum atomic E-state index is 0.0294. The Hall–Kier alpha value is -1.42. The van der Waals surface area contributed by atoms with Crippen LogP contribution >= 0.6 is 0 Å².